The zero-order chi connectivity index (χ0) is 14.0. The first-order valence-electron chi connectivity index (χ1n) is 5.20. The molecule has 0 bridgehead atoms. The van der Waals surface area contributed by atoms with E-state index in [-0.39, 0.29) is 5.56 Å². The number of hydrogen-bond donors (Lipinski definition) is 2. The molecule has 4 nitrogen and oxygen atoms in total. The minimum absolute atomic E-state index is 0.318. The van der Waals surface area contributed by atoms with Crippen LogP contribution in [0.25, 0.3) is 11.1 Å². The first-order valence-corrected chi connectivity index (χ1v) is 5.20. The van der Waals surface area contributed by atoms with Crippen molar-refractivity contribution in [2.45, 2.75) is 6.18 Å². The van der Waals surface area contributed by atoms with E-state index in [1.807, 2.05) is 0 Å². The number of halogens is 3. The molecule has 0 aliphatic carbocycles. The second kappa shape index (κ2) is 4.68. The number of nitrogens with two attached hydrogens (primary N) is 1. The molecule has 0 radical (unpaired) electrons. The lowest BCUT2D eigenvalue weighted by Gasteiger charge is -2.13. The number of nitrogens with zero attached hydrogens (tertiary/aromatic N) is 2. The van der Waals surface area contributed by atoms with Crippen LogP contribution >= 0.6 is 0 Å². The van der Waals surface area contributed by atoms with Gasteiger partial charge in [0.15, 0.2) is 0 Å². The van der Waals surface area contributed by atoms with Gasteiger partial charge < -0.3 is 5.73 Å². The molecule has 2 rings (SSSR count). The summed E-state index contributed by atoms with van der Waals surface area (Å²) in [5.41, 5.74) is 4.65. The number of amidine groups is 1. The molecule has 2 aromatic rings. The first kappa shape index (κ1) is 13.0. The normalized spacial score (nSPS) is 11.3. The highest BCUT2D eigenvalue weighted by Crippen LogP contribution is 2.34. The molecule has 0 aliphatic rings. The number of hydrogen-bond acceptors (Lipinski definition) is 3. The van der Waals surface area contributed by atoms with Crippen LogP contribution in [0.2, 0.25) is 0 Å². The van der Waals surface area contributed by atoms with Gasteiger partial charge in [-0.2, -0.15) is 13.2 Å². The quantitative estimate of drug-likeness (QED) is 0.647. The highest BCUT2D eigenvalue weighted by molar-refractivity contribution is 5.97. The fraction of sp³-hybridized carbons (Fsp3) is 0.0833. The summed E-state index contributed by atoms with van der Waals surface area (Å²) in [4.78, 5) is 7.50. The topological polar surface area (TPSA) is 75.7 Å². The number of alkyl halides is 3. The van der Waals surface area contributed by atoms with Crippen molar-refractivity contribution < 1.29 is 13.2 Å². The molecule has 0 amide bonds. The van der Waals surface area contributed by atoms with Gasteiger partial charge in [-0.25, -0.2) is 9.97 Å². The predicted molar refractivity (Wildman–Crippen MR) is 63.5 cm³/mol. The number of rotatable bonds is 2. The van der Waals surface area contributed by atoms with Crippen molar-refractivity contribution in [1.82, 2.24) is 9.97 Å². The van der Waals surface area contributed by atoms with Gasteiger partial charge in [-0.1, -0.05) is 12.1 Å². The molecule has 0 unspecified atom stereocenters. The Hall–Kier alpha value is -2.44. The van der Waals surface area contributed by atoms with Crippen molar-refractivity contribution >= 4 is 5.84 Å². The van der Waals surface area contributed by atoms with E-state index in [2.05, 4.69) is 9.97 Å². The van der Waals surface area contributed by atoms with E-state index in [4.69, 9.17) is 11.1 Å². The Bertz CT molecular complexity index is 608. The van der Waals surface area contributed by atoms with E-state index in [0.29, 0.717) is 11.1 Å². The molecule has 19 heavy (non-hydrogen) atoms. The average Bonchev–Trinajstić information content (AvgIpc) is 2.38. The van der Waals surface area contributed by atoms with Gasteiger partial charge in [0, 0.05) is 23.5 Å². The number of benzene rings is 1. The Labute approximate surface area is 106 Å². The van der Waals surface area contributed by atoms with Crippen molar-refractivity contribution in [2.24, 2.45) is 5.73 Å². The molecule has 0 fully saturated rings. The van der Waals surface area contributed by atoms with Crippen LogP contribution in [0.4, 0.5) is 13.2 Å². The number of nitrogen functional groups attached to an aromatic ring is 1. The summed E-state index contributed by atoms with van der Waals surface area (Å²) in [5, 5.41) is 7.18. The van der Waals surface area contributed by atoms with Gasteiger partial charge >= 0.3 is 6.18 Å². The summed E-state index contributed by atoms with van der Waals surface area (Å²) < 4.78 is 38.8. The van der Waals surface area contributed by atoms with Gasteiger partial charge in [-0.15, -0.1) is 0 Å². The van der Waals surface area contributed by atoms with Crippen LogP contribution in [-0.2, 0) is 6.18 Å². The summed E-state index contributed by atoms with van der Waals surface area (Å²) in [7, 11) is 0. The van der Waals surface area contributed by atoms with E-state index in [0.717, 1.165) is 6.07 Å². The van der Waals surface area contributed by atoms with E-state index in [1.165, 1.54) is 30.9 Å². The third-order valence-corrected chi connectivity index (χ3v) is 2.51. The molecule has 0 spiro atoms. The lowest BCUT2D eigenvalue weighted by atomic mass is 10.00. The summed E-state index contributed by atoms with van der Waals surface area (Å²) >= 11 is 0. The van der Waals surface area contributed by atoms with Crippen LogP contribution in [0.15, 0.2) is 36.9 Å². The average molecular weight is 266 g/mol. The van der Waals surface area contributed by atoms with Gasteiger partial charge in [0.25, 0.3) is 0 Å². The monoisotopic (exact) mass is 266 g/mol. The van der Waals surface area contributed by atoms with Crippen LogP contribution < -0.4 is 5.73 Å². The Morgan fingerprint density at radius 3 is 2.26 bits per heavy atom. The zero-order valence-electron chi connectivity index (χ0n) is 9.57. The van der Waals surface area contributed by atoms with Crippen LogP contribution in [0.5, 0.6) is 0 Å². The molecule has 1 heterocycles. The SMILES string of the molecule is N=C(N)c1ccc(-c2cncnc2)cc1C(F)(F)F. The van der Waals surface area contributed by atoms with Crippen LogP contribution in [-0.4, -0.2) is 15.8 Å². The maximum Gasteiger partial charge on any atom is 0.417 e. The van der Waals surface area contributed by atoms with Crippen LogP contribution in [0.3, 0.4) is 0 Å². The summed E-state index contributed by atoms with van der Waals surface area (Å²) in [6, 6.07) is 3.56. The number of nitrogens with one attached hydrogen (secondary N) is 1. The largest absolute Gasteiger partial charge is 0.417 e. The van der Waals surface area contributed by atoms with Gasteiger partial charge in [0.2, 0.25) is 0 Å². The summed E-state index contributed by atoms with van der Waals surface area (Å²) in [5.74, 6) is -0.622. The molecule has 0 aliphatic heterocycles. The molecule has 3 N–H and O–H groups in total. The summed E-state index contributed by atoms with van der Waals surface area (Å²) in [6.45, 7) is 0. The molecule has 98 valence electrons. The maximum absolute atomic E-state index is 12.9. The molecule has 1 aromatic heterocycles. The second-order valence-electron chi connectivity index (χ2n) is 3.80. The van der Waals surface area contributed by atoms with Crippen LogP contribution in [0.1, 0.15) is 11.1 Å². The Balaban J connectivity index is 2.60. The Kier molecular flexibility index (Phi) is 3.20. The van der Waals surface area contributed by atoms with E-state index >= 15 is 0 Å². The fourth-order valence-corrected chi connectivity index (χ4v) is 1.64. The Morgan fingerprint density at radius 2 is 1.74 bits per heavy atom. The Morgan fingerprint density at radius 1 is 1.11 bits per heavy atom. The van der Waals surface area contributed by atoms with Crippen molar-refractivity contribution in [3.8, 4) is 11.1 Å². The molecule has 7 heteroatoms. The molecule has 0 atom stereocenters. The van der Waals surface area contributed by atoms with Crippen molar-refractivity contribution in [3.63, 3.8) is 0 Å². The van der Waals surface area contributed by atoms with E-state index < -0.39 is 17.6 Å². The molecule has 0 saturated heterocycles. The van der Waals surface area contributed by atoms with Crippen molar-refractivity contribution in [1.29, 1.82) is 5.41 Å². The van der Waals surface area contributed by atoms with Gasteiger partial charge in [-0.05, 0) is 11.6 Å². The smallest absolute Gasteiger partial charge is 0.384 e. The van der Waals surface area contributed by atoms with Gasteiger partial charge in [-0.3, -0.25) is 5.41 Å². The highest BCUT2D eigenvalue weighted by Gasteiger charge is 2.34. The minimum Gasteiger partial charge on any atom is -0.384 e. The van der Waals surface area contributed by atoms with Crippen molar-refractivity contribution in [3.05, 3.63) is 48.0 Å². The van der Waals surface area contributed by atoms with Crippen molar-refractivity contribution in [2.75, 3.05) is 0 Å². The fourth-order valence-electron chi connectivity index (χ4n) is 1.64. The zero-order valence-corrected chi connectivity index (χ0v) is 9.57. The predicted octanol–water partition coefficient (Wildman–Crippen LogP) is 2.45. The van der Waals surface area contributed by atoms with Gasteiger partial charge in [0.05, 0.1) is 5.56 Å². The molecule has 1 aromatic carbocycles. The lowest BCUT2D eigenvalue weighted by Crippen LogP contribution is -2.18. The van der Waals surface area contributed by atoms with Gasteiger partial charge in [0.1, 0.15) is 12.2 Å². The van der Waals surface area contributed by atoms with Crippen LogP contribution in [0, 0.1) is 5.41 Å². The standard InChI is InChI=1S/C12H9F3N4/c13-12(14,15)10-3-7(1-2-9(10)11(16)17)8-4-18-6-19-5-8/h1-6H,(H3,16,17). The second-order valence-corrected chi connectivity index (χ2v) is 3.80. The third-order valence-electron chi connectivity index (χ3n) is 2.51. The van der Waals surface area contributed by atoms with E-state index in [1.54, 1.807) is 0 Å². The first-order chi connectivity index (χ1) is 8.89. The summed E-state index contributed by atoms with van der Waals surface area (Å²) in [6.07, 6.45) is -0.462. The third kappa shape index (κ3) is 2.70. The molecule has 0 saturated carbocycles. The highest BCUT2D eigenvalue weighted by atomic mass is 19.4. The molecular formula is C12H9F3N4. The van der Waals surface area contributed by atoms with E-state index in [9.17, 15) is 13.2 Å². The minimum atomic E-state index is -4.58. The lowest BCUT2D eigenvalue weighted by molar-refractivity contribution is -0.137. The maximum atomic E-state index is 12.9. The number of aromatic nitrogens is 2. The molecular weight excluding hydrogens is 257 g/mol.